The molecule has 16 heavy (non-hydrogen) atoms. The van der Waals surface area contributed by atoms with Crippen molar-refractivity contribution in [3.05, 3.63) is 23.5 Å². The molecule has 1 heterocycles. The van der Waals surface area contributed by atoms with Crippen LogP contribution in [-0.4, -0.2) is 46.4 Å². The largest absolute Gasteiger partial charge is 0.394 e. The molecule has 88 valence electrons. The third-order valence-corrected chi connectivity index (χ3v) is 2.57. The lowest BCUT2D eigenvalue weighted by Gasteiger charge is -2.22. The van der Waals surface area contributed by atoms with Crippen LogP contribution in [0.4, 0.5) is 0 Å². The quantitative estimate of drug-likeness (QED) is 0.738. The number of nitrogens with one attached hydrogen (secondary N) is 1. The lowest BCUT2D eigenvalue weighted by atomic mass is 10.2. The van der Waals surface area contributed by atoms with Gasteiger partial charge in [0.15, 0.2) is 5.78 Å². The van der Waals surface area contributed by atoms with Gasteiger partial charge in [0.25, 0.3) is 5.91 Å². The van der Waals surface area contributed by atoms with E-state index in [1.807, 2.05) is 0 Å². The van der Waals surface area contributed by atoms with E-state index in [1.165, 1.54) is 24.1 Å². The minimum Gasteiger partial charge on any atom is -0.394 e. The molecule has 0 saturated heterocycles. The summed E-state index contributed by atoms with van der Waals surface area (Å²) in [5.41, 5.74) is 0.835. The molecule has 1 aromatic heterocycles. The van der Waals surface area contributed by atoms with Crippen LogP contribution in [-0.2, 0) is 0 Å². The number of carbonyl (C=O) groups excluding carboxylic acids is 2. The molecule has 0 aliphatic heterocycles. The van der Waals surface area contributed by atoms with Crippen molar-refractivity contribution in [2.24, 2.45) is 0 Å². The maximum absolute atomic E-state index is 11.9. The number of aromatic amines is 1. The van der Waals surface area contributed by atoms with E-state index in [0.717, 1.165) is 0 Å². The first kappa shape index (κ1) is 12.4. The van der Waals surface area contributed by atoms with Gasteiger partial charge in [-0.3, -0.25) is 9.59 Å². The summed E-state index contributed by atoms with van der Waals surface area (Å²) in [7, 11) is 1.61. The van der Waals surface area contributed by atoms with E-state index in [4.69, 9.17) is 5.11 Å². The number of rotatable bonds is 4. The first-order valence-electron chi connectivity index (χ1n) is 5.04. The van der Waals surface area contributed by atoms with E-state index in [-0.39, 0.29) is 24.3 Å². The number of ketones is 1. The number of amides is 1. The van der Waals surface area contributed by atoms with Crippen LogP contribution < -0.4 is 0 Å². The summed E-state index contributed by atoms with van der Waals surface area (Å²) in [6.07, 6.45) is 1.51. The number of aliphatic hydroxyl groups is 1. The molecule has 2 N–H and O–H groups in total. The molecule has 1 aromatic rings. The predicted molar refractivity (Wildman–Crippen MR) is 59.4 cm³/mol. The van der Waals surface area contributed by atoms with Crippen LogP contribution in [0.3, 0.4) is 0 Å². The third kappa shape index (κ3) is 2.49. The topological polar surface area (TPSA) is 73.4 Å². The van der Waals surface area contributed by atoms with Crippen LogP contribution in [0.25, 0.3) is 0 Å². The molecule has 0 aliphatic carbocycles. The van der Waals surface area contributed by atoms with Crippen molar-refractivity contribution in [2.75, 3.05) is 13.7 Å². The van der Waals surface area contributed by atoms with Crippen molar-refractivity contribution < 1.29 is 14.7 Å². The van der Waals surface area contributed by atoms with Gasteiger partial charge in [-0.2, -0.15) is 0 Å². The fraction of sp³-hybridized carbons (Fsp3) is 0.455. The number of likely N-dealkylation sites (N-methyl/N-ethyl adjacent to an activating group) is 1. The van der Waals surface area contributed by atoms with Crippen LogP contribution >= 0.6 is 0 Å². The Kier molecular flexibility index (Phi) is 3.84. The Morgan fingerprint density at radius 1 is 1.56 bits per heavy atom. The normalized spacial score (nSPS) is 12.2. The Hall–Kier alpha value is -1.62. The van der Waals surface area contributed by atoms with Crippen LogP contribution in [0.2, 0.25) is 0 Å². The zero-order chi connectivity index (χ0) is 12.3. The number of hydrogen-bond acceptors (Lipinski definition) is 3. The van der Waals surface area contributed by atoms with Crippen molar-refractivity contribution in [2.45, 2.75) is 19.9 Å². The monoisotopic (exact) mass is 224 g/mol. The summed E-state index contributed by atoms with van der Waals surface area (Å²) in [6.45, 7) is 3.09. The van der Waals surface area contributed by atoms with Crippen molar-refractivity contribution >= 4 is 11.7 Å². The van der Waals surface area contributed by atoms with Gasteiger partial charge in [0, 0.05) is 18.8 Å². The highest BCUT2D eigenvalue weighted by atomic mass is 16.3. The summed E-state index contributed by atoms with van der Waals surface area (Å²) in [5.74, 6) is -0.331. The highest BCUT2D eigenvalue weighted by Gasteiger charge is 2.18. The van der Waals surface area contributed by atoms with E-state index in [1.54, 1.807) is 14.0 Å². The van der Waals surface area contributed by atoms with Gasteiger partial charge in [-0.1, -0.05) is 0 Å². The van der Waals surface area contributed by atoms with Gasteiger partial charge >= 0.3 is 0 Å². The van der Waals surface area contributed by atoms with Gasteiger partial charge in [0.05, 0.1) is 12.6 Å². The van der Waals surface area contributed by atoms with Crippen LogP contribution in [0.1, 0.15) is 34.7 Å². The summed E-state index contributed by atoms with van der Waals surface area (Å²) in [6, 6.07) is 1.27. The molecule has 5 heteroatoms. The number of hydrogen-bond donors (Lipinski definition) is 2. The van der Waals surface area contributed by atoms with E-state index in [2.05, 4.69) is 4.98 Å². The number of aromatic nitrogens is 1. The number of nitrogens with zero attached hydrogens (tertiary/aromatic N) is 1. The molecular formula is C11H16N2O3. The Labute approximate surface area is 94.1 Å². The van der Waals surface area contributed by atoms with Crippen molar-refractivity contribution in [3.8, 4) is 0 Å². The Bertz CT molecular complexity index is 398. The van der Waals surface area contributed by atoms with Crippen molar-refractivity contribution in [1.29, 1.82) is 0 Å². The molecule has 0 aromatic carbocycles. The van der Waals surface area contributed by atoms with E-state index < -0.39 is 0 Å². The maximum Gasteiger partial charge on any atom is 0.270 e. The molecule has 0 saturated carbocycles. The fourth-order valence-corrected chi connectivity index (χ4v) is 1.23. The molecule has 0 spiro atoms. The molecule has 0 radical (unpaired) electrons. The lowest BCUT2D eigenvalue weighted by Crippen LogP contribution is -2.37. The van der Waals surface area contributed by atoms with E-state index in [0.29, 0.717) is 11.3 Å². The summed E-state index contributed by atoms with van der Waals surface area (Å²) in [4.78, 5) is 27.1. The average Bonchev–Trinajstić information content (AvgIpc) is 2.75. The number of H-pyrrole nitrogens is 1. The van der Waals surface area contributed by atoms with E-state index in [9.17, 15) is 9.59 Å². The van der Waals surface area contributed by atoms with Gasteiger partial charge in [-0.05, 0) is 19.9 Å². The zero-order valence-electron chi connectivity index (χ0n) is 9.65. The molecule has 1 rings (SSSR count). The SMILES string of the molecule is CC(=O)c1c[nH]c(C(=O)N(C)C(C)CO)c1. The molecule has 0 bridgehead atoms. The lowest BCUT2D eigenvalue weighted by molar-refractivity contribution is 0.0677. The molecular weight excluding hydrogens is 208 g/mol. The molecule has 5 nitrogen and oxygen atoms in total. The number of carbonyl (C=O) groups is 2. The number of Topliss-reactive ketones (excluding diaryl/α,β-unsaturated/α-hetero) is 1. The van der Waals surface area contributed by atoms with Gasteiger partial charge in [0.1, 0.15) is 5.69 Å². The van der Waals surface area contributed by atoms with Crippen LogP contribution in [0.15, 0.2) is 12.3 Å². The van der Waals surface area contributed by atoms with Gasteiger partial charge in [0.2, 0.25) is 0 Å². The molecule has 0 aliphatic rings. The highest BCUT2D eigenvalue weighted by molar-refractivity contribution is 5.99. The fourth-order valence-electron chi connectivity index (χ4n) is 1.23. The molecule has 0 fully saturated rings. The van der Waals surface area contributed by atoms with Crippen molar-refractivity contribution in [1.82, 2.24) is 9.88 Å². The number of aliphatic hydroxyl groups excluding tert-OH is 1. The summed E-state index contributed by atoms with van der Waals surface area (Å²) >= 11 is 0. The second-order valence-corrected chi connectivity index (χ2v) is 3.81. The Morgan fingerprint density at radius 2 is 2.19 bits per heavy atom. The van der Waals surface area contributed by atoms with Gasteiger partial charge in [-0.15, -0.1) is 0 Å². The second kappa shape index (κ2) is 4.94. The smallest absolute Gasteiger partial charge is 0.270 e. The highest BCUT2D eigenvalue weighted by Crippen LogP contribution is 2.08. The molecule has 1 unspecified atom stereocenters. The minimum absolute atomic E-state index is 0.0897. The third-order valence-electron chi connectivity index (χ3n) is 2.57. The Morgan fingerprint density at radius 3 is 2.62 bits per heavy atom. The minimum atomic E-state index is -0.253. The van der Waals surface area contributed by atoms with E-state index >= 15 is 0 Å². The first-order chi connectivity index (χ1) is 7.47. The average molecular weight is 224 g/mol. The predicted octanol–water partition coefficient (Wildman–Crippen LogP) is 0.670. The molecule has 1 atom stereocenters. The zero-order valence-corrected chi connectivity index (χ0v) is 9.65. The van der Waals surface area contributed by atoms with Crippen molar-refractivity contribution in [3.63, 3.8) is 0 Å². The maximum atomic E-state index is 11.9. The van der Waals surface area contributed by atoms with Gasteiger partial charge < -0.3 is 15.0 Å². The second-order valence-electron chi connectivity index (χ2n) is 3.81. The standard InChI is InChI=1S/C11H16N2O3/c1-7(6-14)13(3)11(16)10-4-9(5-12-10)8(2)15/h4-5,7,12,14H,6H2,1-3H3. The van der Waals surface area contributed by atoms with Crippen LogP contribution in [0, 0.1) is 0 Å². The summed E-state index contributed by atoms with van der Waals surface area (Å²) < 4.78 is 0. The Balaban J connectivity index is 2.84. The van der Waals surface area contributed by atoms with Gasteiger partial charge in [-0.25, -0.2) is 0 Å². The first-order valence-corrected chi connectivity index (χ1v) is 5.04. The summed E-state index contributed by atoms with van der Waals surface area (Å²) in [5, 5.41) is 8.94. The van der Waals surface area contributed by atoms with Crippen LogP contribution in [0.5, 0.6) is 0 Å². The molecule has 1 amide bonds.